The molecule has 0 aliphatic carbocycles. The fourth-order valence-electron chi connectivity index (χ4n) is 3.78. The average molecular weight is 445 g/mol. The van der Waals surface area contributed by atoms with Crippen LogP contribution in [0.4, 0.5) is 10.5 Å². The second kappa shape index (κ2) is 8.99. The quantitative estimate of drug-likeness (QED) is 0.448. The zero-order valence-corrected chi connectivity index (χ0v) is 18.5. The van der Waals surface area contributed by atoms with Gasteiger partial charge in [-0.1, -0.05) is 12.1 Å². The number of carbonyl (C=O) groups excluding carboxylic acids is 3. The highest BCUT2D eigenvalue weighted by atomic mass is 16.5. The number of urea groups is 1. The Morgan fingerprint density at radius 2 is 1.88 bits per heavy atom. The van der Waals surface area contributed by atoms with Crippen LogP contribution in [-0.2, 0) is 9.59 Å². The Morgan fingerprint density at radius 3 is 2.61 bits per heavy atom. The number of pyridine rings is 1. The number of rotatable bonds is 6. The summed E-state index contributed by atoms with van der Waals surface area (Å²) in [6.07, 6.45) is 5.04. The first-order chi connectivity index (χ1) is 15.9. The molecule has 9 nitrogen and oxygen atoms in total. The van der Waals surface area contributed by atoms with E-state index in [0.29, 0.717) is 11.4 Å². The third-order valence-electron chi connectivity index (χ3n) is 5.34. The van der Waals surface area contributed by atoms with Gasteiger partial charge in [0.15, 0.2) is 0 Å². The van der Waals surface area contributed by atoms with E-state index < -0.39 is 24.4 Å². The highest BCUT2D eigenvalue weighted by Crippen LogP contribution is 2.25. The second-order valence-electron chi connectivity index (χ2n) is 7.50. The summed E-state index contributed by atoms with van der Waals surface area (Å²) < 4.78 is 7.24. The molecule has 1 aliphatic heterocycles. The number of ether oxygens (including phenoxy) is 1. The van der Waals surface area contributed by atoms with E-state index >= 15 is 0 Å². The summed E-state index contributed by atoms with van der Waals surface area (Å²) in [7, 11) is 1.49. The molecular weight excluding hydrogens is 422 g/mol. The second-order valence-corrected chi connectivity index (χ2v) is 7.50. The Balaban J connectivity index is 1.52. The first-order valence-corrected chi connectivity index (χ1v) is 10.3. The summed E-state index contributed by atoms with van der Waals surface area (Å²) in [6, 6.07) is 12.0. The Bertz CT molecular complexity index is 1260. The maximum absolute atomic E-state index is 12.9. The Kier molecular flexibility index (Phi) is 5.95. The van der Waals surface area contributed by atoms with Gasteiger partial charge in [0.25, 0.3) is 5.91 Å². The lowest BCUT2D eigenvalue weighted by Crippen LogP contribution is -2.38. The van der Waals surface area contributed by atoms with E-state index in [-0.39, 0.29) is 5.70 Å². The number of carbonyl (C=O) groups is 3. The predicted molar refractivity (Wildman–Crippen MR) is 123 cm³/mol. The average Bonchev–Trinajstić information content (AvgIpc) is 3.23. The molecular formula is C24H23N5O4. The molecule has 0 saturated carbocycles. The highest BCUT2D eigenvalue weighted by molar-refractivity contribution is 6.16. The molecule has 1 saturated heterocycles. The number of amides is 4. The van der Waals surface area contributed by atoms with Crippen molar-refractivity contribution in [3.63, 3.8) is 0 Å². The normalized spacial score (nSPS) is 14.5. The molecule has 0 radical (unpaired) electrons. The predicted octanol–water partition coefficient (Wildman–Crippen LogP) is 3.03. The van der Waals surface area contributed by atoms with E-state index in [1.165, 1.54) is 7.11 Å². The van der Waals surface area contributed by atoms with E-state index in [9.17, 15) is 14.4 Å². The molecule has 9 heteroatoms. The minimum atomic E-state index is -0.649. The van der Waals surface area contributed by atoms with E-state index in [2.05, 4.69) is 15.6 Å². The summed E-state index contributed by atoms with van der Waals surface area (Å²) in [5.74, 6) is -0.600. The Morgan fingerprint density at radius 1 is 1.15 bits per heavy atom. The summed E-state index contributed by atoms with van der Waals surface area (Å²) in [5.41, 5.74) is 4.17. The SMILES string of the molecule is COc1ccccc1NC(=O)CN1C(=O)N/C(=C/c2cc(C)n(-c3ccncc3)c2C)C1=O. The molecule has 3 aromatic rings. The van der Waals surface area contributed by atoms with E-state index in [4.69, 9.17) is 4.74 Å². The molecule has 0 spiro atoms. The van der Waals surface area contributed by atoms with Crippen molar-refractivity contribution in [2.24, 2.45) is 0 Å². The van der Waals surface area contributed by atoms with Gasteiger partial charge in [-0.3, -0.25) is 14.6 Å². The molecule has 33 heavy (non-hydrogen) atoms. The van der Waals surface area contributed by atoms with Crippen LogP contribution in [0.25, 0.3) is 11.8 Å². The fraction of sp³-hybridized carbons (Fsp3) is 0.167. The monoisotopic (exact) mass is 445 g/mol. The van der Waals surface area contributed by atoms with Crippen molar-refractivity contribution >= 4 is 29.6 Å². The summed E-state index contributed by atoms with van der Waals surface area (Å²) in [6.45, 7) is 3.47. The van der Waals surface area contributed by atoms with Gasteiger partial charge in [0.2, 0.25) is 5.91 Å². The van der Waals surface area contributed by atoms with Gasteiger partial charge in [0, 0.05) is 29.5 Å². The molecule has 168 valence electrons. The first kappa shape index (κ1) is 21.8. The number of hydrogen-bond acceptors (Lipinski definition) is 5. The summed E-state index contributed by atoms with van der Waals surface area (Å²) in [5, 5.41) is 5.23. The smallest absolute Gasteiger partial charge is 0.329 e. The van der Waals surface area contributed by atoms with Crippen LogP contribution >= 0.6 is 0 Å². The van der Waals surface area contributed by atoms with Crippen molar-refractivity contribution in [2.45, 2.75) is 13.8 Å². The number of nitrogens with one attached hydrogen (secondary N) is 2. The van der Waals surface area contributed by atoms with Crippen molar-refractivity contribution in [3.8, 4) is 11.4 Å². The van der Waals surface area contributed by atoms with Crippen LogP contribution in [0.3, 0.4) is 0 Å². The van der Waals surface area contributed by atoms with Crippen molar-refractivity contribution in [1.29, 1.82) is 0 Å². The molecule has 0 atom stereocenters. The van der Waals surface area contributed by atoms with Gasteiger partial charge in [0.05, 0.1) is 12.8 Å². The lowest BCUT2D eigenvalue weighted by Gasteiger charge is -2.13. The van der Waals surface area contributed by atoms with Gasteiger partial charge in [-0.05, 0) is 55.8 Å². The Labute approximate surface area is 190 Å². The van der Waals surface area contributed by atoms with Crippen LogP contribution in [0.5, 0.6) is 5.75 Å². The van der Waals surface area contributed by atoms with Crippen LogP contribution in [0.15, 0.2) is 60.6 Å². The van der Waals surface area contributed by atoms with Crippen LogP contribution in [0.2, 0.25) is 0 Å². The molecule has 0 bridgehead atoms. The molecule has 4 rings (SSSR count). The Hall–Kier alpha value is -4.40. The number of imide groups is 1. The molecule has 4 amide bonds. The van der Waals surface area contributed by atoms with E-state index in [1.807, 2.05) is 36.6 Å². The molecule has 1 aliphatic rings. The lowest BCUT2D eigenvalue weighted by molar-refractivity contribution is -0.127. The van der Waals surface area contributed by atoms with Crippen molar-refractivity contribution < 1.29 is 19.1 Å². The van der Waals surface area contributed by atoms with Gasteiger partial charge >= 0.3 is 6.03 Å². The molecule has 2 N–H and O–H groups in total. The third-order valence-corrected chi connectivity index (χ3v) is 5.34. The van der Waals surface area contributed by atoms with Gasteiger partial charge in [0.1, 0.15) is 18.0 Å². The molecule has 2 aromatic heterocycles. The van der Waals surface area contributed by atoms with Crippen molar-refractivity contribution in [3.05, 3.63) is 77.5 Å². The van der Waals surface area contributed by atoms with Gasteiger partial charge in [-0.25, -0.2) is 9.69 Å². The number of hydrogen-bond donors (Lipinski definition) is 2. The van der Waals surface area contributed by atoms with E-state index in [0.717, 1.165) is 27.5 Å². The lowest BCUT2D eigenvalue weighted by atomic mass is 10.2. The van der Waals surface area contributed by atoms with Crippen LogP contribution in [0.1, 0.15) is 17.0 Å². The van der Waals surface area contributed by atoms with Crippen molar-refractivity contribution in [2.75, 3.05) is 19.0 Å². The number of para-hydroxylation sites is 2. The number of anilines is 1. The van der Waals surface area contributed by atoms with Crippen LogP contribution in [-0.4, -0.2) is 46.0 Å². The largest absolute Gasteiger partial charge is 0.495 e. The molecule has 1 aromatic carbocycles. The zero-order chi connectivity index (χ0) is 23.5. The summed E-state index contributed by atoms with van der Waals surface area (Å²) >= 11 is 0. The molecule has 0 unspecified atom stereocenters. The minimum Gasteiger partial charge on any atom is -0.495 e. The standard InChI is InChI=1S/C24H23N5O4/c1-15-12-17(16(2)29(15)18-8-10-25-11-9-18)13-20-23(31)28(24(32)27-20)14-22(30)26-19-6-4-5-7-21(19)33-3/h4-13H,14H2,1-3H3,(H,26,30)(H,27,32)/b20-13+. The van der Waals surface area contributed by atoms with Gasteiger partial charge < -0.3 is 19.9 Å². The zero-order valence-electron chi connectivity index (χ0n) is 18.5. The maximum Gasteiger partial charge on any atom is 0.329 e. The minimum absolute atomic E-state index is 0.111. The van der Waals surface area contributed by atoms with Crippen LogP contribution in [0, 0.1) is 13.8 Å². The van der Waals surface area contributed by atoms with Crippen LogP contribution < -0.4 is 15.4 Å². The molecule has 1 fully saturated rings. The third kappa shape index (κ3) is 4.33. The number of methoxy groups -OCH3 is 1. The van der Waals surface area contributed by atoms with Crippen molar-refractivity contribution in [1.82, 2.24) is 19.8 Å². The number of nitrogens with zero attached hydrogens (tertiary/aromatic N) is 3. The van der Waals surface area contributed by atoms with E-state index in [1.54, 1.807) is 42.7 Å². The topological polar surface area (TPSA) is 106 Å². The number of aryl methyl sites for hydroxylation is 1. The highest BCUT2D eigenvalue weighted by Gasteiger charge is 2.35. The molecule has 3 heterocycles. The first-order valence-electron chi connectivity index (χ1n) is 10.3. The number of benzene rings is 1. The fourth-order valence-corrected chi connectivity index (χ4v) is 3.78. The maximum atomic E-state index is 12.9. The van der Waals surface area contributed by atoms with Gasteiger partial charge in [-0.15, -0.1) is 0 Å². The van der Waals surface area contributed by atoms with Gasteiger partial charge in [-0.2, -0.15) is 0 Å². The summed E-state index contributed by atoms with van der Waals surface area (Å²) in [4.78, 5) is 42.7. The number of aromatic nitrogens is 2.